The molecule has 1 N–H and O–H groups in total. The molecule has 1 atom stereocenters. The smallest absolute Gasteiger partial charge is 0.387 e. The predicted molar refractivity (Wildman–Crippen MR) is 93.4 cm³/mol. The molecule has 1 aliphatic heterocycles. The topological polar surface area (TPSA) is 78.3 Å². The van der Waals surface area contributed by atoms with Gasteiger partial charge in [-0.2, -0.15) is 18.9 Å². The number of rotatable bonds is 7. The Morgan fingerprint density at radius 2 is 2.15 bits per heavy atom. The number of allylic oxidation sites excluding steroid dienone is 1. The minimum absolute atomic E-state index is 0.0347. The number of carbonyl (C=O) groups excluding carboxylic acids is 1. The van der Waals surface area contributed by atoms with Crippen LogP contribution in [0.3, 0.4) is 0 Å². The van der Waals surface area contributed by atoms with E-state index in [1.54, 1.807) is 25.1 Å². The molecule has 0 radical (unpaired) electrons. The van der Waals surface area contributed by atoms with Gasteiger partial charge in [0.25, 0.3) is 0 Å². The Kier molecular flexibility index (Phi) is 5.68. The lowest BCUT2D eigenvalue weighted by Gasteiger charge is -2.29. The number of nitrogens with zero attached hydrogens (tertiary/aromatic N) is 3. The van der Waals surface area contributed by atoms with Crippen LogP contribution in [-0.4, -0.2) is 34.0 Å². The molecule has 2 heterocycles. The predicted octanol–water partition coefficient (Wildman–Crippen LogP) is 3.51. The first-order valence-corrected chi connectivity index (χ1v) is 8.61. The third kappa shape index (κ3) is 3.91. The number of hydrogen-bond donors (Lipinski definition) is 1. The van der Waals surface area contributed by atoms with Crippen molar-refractivity contribution < 1.29 is 23.0 Å². The number of carbonyl (C=O) groups is 1. The second-order valence-corrected chi connectivity index (χ2v) is 6.00. The van der Waals surface area contributed by atoms with Gasteiger partial charge in [-0.1, -0.05) is 31.5 Å². The Morgan fingerprint density at radius 1 is 1.37 bits per heavy atom. The number of benzene rings is 1. The van der Waals surface area contributed by atoms with E-state index in [0.717, 1.165) is 12.8 Å². The fourth-order valence-corrected chi connectivity index (χ4v) is 2.94. The van der Waals surface area contributed by atoms with Crippen LogP contribution in [0.2, 0.25) is 0 Å². The van der Waals surface area contributed by atoms with Gasteiger partial charge in [-0.3, -0.25) is 0 Å². The zero-order chi connectivity index (χ0) is 19.4. The average Bonchev–Trinajstić information content (AvgIpc) is 3.08. The van der Waals surface area contributed by atoms with Gasteiger partial charge in [-0.15, -0.1) is 0 Å². The number of anilines is 1. The van der Waals surface area contributed by atoms with E-state index in [4.69, 9.17) is 4.74 Å². The first-order valence-electron chi connectivity index (χ1n) is 8.61. The van der Waals surface area contributed by atoms with Gasteiger partial charge >= 0.3 is 12.6 Å². The number of fused-ring (bicyclic) bond motifs is 1. The molecular weight excluding hydrogens is 358 g/mol. The number of esters is 1. The number of halogens is 2. The number of nitrogens with one attached hydrogen (secondary N) is 1. The monoisotopic (exact) mass is 378 g/mol. The Morgan fingerprint density at radius 3 is 2.89 bits per heavy atom. The summed E-state index contributed by atoms with van der Waals surface area (Å²) >= 11 is 0. The first-order chi connectivity index (χ1) is 13.0. The fraction of sp³-hybridized carbons (Fsp3) is 0.389. The molecule has 27 heavy (non-hydrogen) atoms. The van der Waals surface area contributed by atoms with Crippen LogP contribution in [0.15, 0.2) is 41.9 Å². The molecule has 0 fully saturated rings. The highest BCUT2D eigenvalue weighted by Crippen LogP contribution is 2.39. The Balaban J connectivity index is 2.06. The molecule has 0 aliphatic carbocycles. The summed E-state index contributed by atoms with van der Waals surface area (Å²) < 4.78 is 37.2. The van der Waals surface area contributed by atoms with E-state index in [1.807, 2.05) is 6.92 Å². The third-order valence-corrected chi connectivity index (χ3v) is 4.17. The lowest BCUT2D eigenvalue weighted by atomic mass is 9.95. The van der Waals surface area contributed by atoms with Gasteiger partial charge in [-0.05, 0) is 19.4 Å². The minimum atomic E-state index is -2.99. The van der Waals surface area contributed by atoms with Crippen LogP contribution in [0.1, 0.15) is 38.3 Å². The van der Waals surface area contributed by atoms with Crippen LogP contribution >= 0.6 is 0 Å². The third-order valence-electron chi connectivity index (χ3n) is 4.17. The Labute approximate surface area is 155 Å². The van der Waals surface area contributed by atoms with E-state index < -0.39 is 18.6 Å². The lowest BCUT2D eigenvalue weighted by Crippen LogP contribution is -2.30. The molecule has 0 saturated carbocycles. The summed E-state index contributed by atoms with van der Waals surface area (Å²) in [6.45, 7) is 0.979. The maximum atomic E-state index is 12.9. The Bertz CT molecular complexity index is 851. The van der Waals surface area contributed by atoms with Gasteiger partial charge in [0.1, 0.15) is 18.1 Å². The maximum absolute atomic E-state index is 12.9. The quantitative estimate of drug-likeness (QED) is 0.587. The van der Waals surface area contributed by atoms with Crippen molar-refractivity contribution in [2.24, 2.45) is 0 Å². The van der Waals surface area contributed by atoms with E-state index in [-0.39, 0.29) is 17.9 Å². The van der Waals surface area contributed by atoms with Crippen molar-refractivity contribution in [2.45, 2.75) is 39.3 Å². The van der Waals surface area contributed by atoms with Crippen molar-refractivity contribution in [3.8, 4) is 5.75 Å². The molecule has 3 rings (SSSR count). The highest BCUT2D eigenvalue weighted by molar-refractivity contribution is 5.92. The van der Waals surface area contributed by atoms with Crippen molar-refractivity contribution in [3.63, 3.8) is 0 Å². The summed E-state index contributed by atoms with van der Waals surface area (Å²) in [7, 11) is 0. The van der Waals surface area contributed by atoms with Gasteiger partial charge in [0.05, 0.1) is 12.2 Å². The molecule has 1 aromatic heterocycles. The summed E-state index contributed by atoms with van der Waals surface area (Å²) in [6, 6.07) is 5.51. The van der Waals surface area contributed by atoms with E-state index in [0.29, 0.717) is 17.2 Å². The summed E-state index contributed by atoms with van der Waals surface area (Å²) in [5.41, 5.74) is 1.16. The number of ether oxygens (including phenoxy) is 2. The SMILES string of the molecule is CCCCOC(=O)C1=C(C)Nc2ncnn2[C@@H]1c1ccccc1OC(F)F. The minimum Gasteiger partial charge on any atom is -0.462 e. The molecule has 1 aromatic carbocycles. The molecule has 0 unspecified atom stereocenters. The molecule has 0 amide bonds. The zero-order valence-electron chi connectivity index (χ0n) is 15.0. The van der Waals surface area contributed by atoms with Crippen LogP contribution in [0.25, 0.3) is 0 Å². The highest BCUT2D eigenvalue weighted by Gasteiger charge is 2.36. The summed E-state index contributed by atoms with van der Waals surface area (Å²) in [5.74, 6) is -0.173. The fourth-order valence-electron chi connectivity index (χ4n) is 2.94. The number of alkyl halides is 2. The zero-order valence-corrected chi connectivity index (χ0v) is 15.0. The lowest BCUT2D eigenvalue weighted by molar-refractivity contribution is -0.139. The van der Waals surface area contributed by atoms with Crippen LogP contribution in [0.4, 0.5) is 14.7 Å². The second kappa shape index (κ2) is 8.15. The van der Waals surface area contributed by atoms with Crippen molar-refractivity contribution in [3.05, 3.63) is 47.4 Å². The average molecular weight is 378 g/mol. The normalized spacial score (nSPS) is 16.1. The number of para-hydroxylation sites is 1. The van der Waals surface area contributed by atoms with Gasteiger partial charge in [0.2, 0.25) is 5.95 Å². The largest absolute Gasteiger partial charge is 0.462 e. The molecule has 0 spiro atoms. The van der Waals surface area contributed by atoms with E-state index in [2.05, 4.69) is 20.1 Å². The van der Waals surface area contributed by atoms with Gasteiger partial charge in [0, 0.05) is 11.3 Å². The van der Waals surface area contributed by atoms with Crippen LogP contribution in [0.5, 0.6) is 5.75 Å². The number of aromatic nitrogens is 3. The highest BCUT2D eigenvalue weighted by atomic mass is 19.3. The molecule has 1 aliphatic rings. The molecule has 0 saturated heterocycles. The Hall–Kier alpha value is -2.97. The molecule has 144 valence electrons. The summed E-state index contributed by atoms with van der Waals surface area (Å²) in [4.78, 5) is 16.9. The van der Waals surface area contributed by atoms with E-state index in [9.17, 15) is 13.6 Å². The standard InChI is InChI=1S/C18H20F2N4O3/c1-3-4-9-26-16(25)14-11(2)23-18-21-10-22-24(18)15(14)12-7-5-6-8-13(12)27-17(19)20/h5-8,10,15,17H,3-4,9H2,1-2H3,(H,21,22,23)/t15-/m1/s1. The van der Waals surface area contributed by atoms with Crippen molar-refractivity contribution in [1.82, 2.24) is 14.8 Å². The van der Waals surface area contributed by atoms with Crippen LogP contribution < -0.4 is 10.1 Å². The van der Waals surface area contributed by atoms with E-state index >= 15 is 0 Å². The van der Waals surface area contributed by atoms with Crippen molar-refractivity contribution in [1.29, 1.82) is 0 Å². The number of hydrogen-bond acceptors (Lipinski definition) is 6. The maximum Gasteiger partial charge on any atom is 0.387 e. The number of unbranched alkanes of at least 4 members (excludes halogenated alkanes) is 1. The molecule has 0 bridgehead atoms. The summed E-state index contributed by atoms with van der Waals surface area (Å²) in [5, 5.41) is 7.16. The summed E-state index contributed by atoms with van der Waals surface area (Å²) in [6.07, 6.45) is 2.94. The van der Waals surface area contributed by atoms with Gasteiger partial charge in [0.15, 0.2) is 0 Å². The van der Waals surface area contributed by atoms with E-state index in [1.165, 1.54) is 17.1 Å². The van der Waals surface area contributed by atoms with Crippen molar-refractivity contribution >= 4 is 11.9 Å². The van der Waals surface area contributed by atoms with Crippen LogP contribution in [0, 0.1) is 0 Å². The second-order valence-electron chi connectivity index (χ2n) is 6.00. The molecule has 9 heteroatoms. The molecule has 2 aromatic rings. The molecular formula is C18H20F2N4O3. The van der Waals surface area contributed by atoms with Crippen molar-refractivity contribution in [2.75, 3.05) is 11.9 Å². The van der Waals surface area contributed by atoms with Gasteiger partial charge < -0.3 is 14.8 Å². The van der Waals surface area contributed by atoms with Gasteiger partial charge in [-0.25, -0.2) is 9.48 Å². The molecule has 7 nitrogen and oxygen atoms in total. The first kappa shape index (κ1) is 18.8. The van der Waals surface area contributed by atoms with Crippen LogP contribution in [-0.2, 0) is 9.53 Å².